The number of hydrogen-bond acceptors (Lipinski definition) is 3. The third-order valence-electron chi connectivity index (χ3n) is 3.63. The van der Waals surface area contributed by atoms with E-state index in [4.69, 9.17) is 5.73 Å². The van der Waals surface area contributed by atoms with Crippen LogP contribution in [-0.2, 0) is 0 Å². The van der Waals surface area contributed by atoms with Crippen molar-refractivity contribution in [2.24, 2.45) is 5.73 Å². The summed E-state index contributed by atoms with van der Waals surface area (Å²) in [7, 11) is 0. The lowest BCUT2D eigenvalue weighted by Crippen LogP contribution is -2.12. The molecule has 2 rings (SSSR count). The molecule has 1 unspecified atom stereocenters. The first-order valence-corrected chi connectivity index (χ1v) is 7.03. The zero-order valence-electron chi connectivity index (χ0n) is 11.7. The molecule has 4 heteroatoms. The lowest BCUT2D eigenvalue weighted by Gasteiger charge is -2.21. The molecule has 0 spiro atoms. The molecule has 2 aromatic rings. The fourth-order valence-corrected chi connectivity index (χ4v) is 2.54. The van der Waals surface area contributed by atoms with Crippen molar-refractivity contribution in [3.8, 4) is 5.75 Å². The average Bonchev–Trinajstić information content (AvgIpc) is 2.47. The van der Waals surface area contributed by atoms with Gasteiger partial charge in [0.15, 0.2) is 0 Å². The van der Waals surface area contributed by atoms with Crippen LogP contribution in [0.5, 0.6) is 5.75 Å². The van der Waals surface area contributed by atoms with Crippen molar-refractivity contribution in [1.82, 2.24) is 0 Å². The second kappa shape index (κ2) is 7.20. The number of nitrogens with two attached hydrogens (primary N) is 1. The SMILES string of the molecule is NCC[C@H](CC(O)c1ccccc1F)c1cccc(O)c1. The Morgan fingerprint density at radius 2 is 1.86 bits per heavy atom. The van der Waals surface area contributed by atoms with Crippen LogP contribution < -0.4 is 5.73 Å². The minimum Gasteiger partial charge on any atom is -0.508 e. The van der Waals surface area contributed by atoms with E-state index in [-0.39, 0.29) is 11.7 Å². The number of benzene rings is 2. The number of phenols is 1. The number of halogens is 1. The molecule has 0 aromatic heterocycles. The Bertz CT molecular complexity index is 589. The third-order valence-corrected chi connectivity index (χ3v) is 3.63. The molecule has 2 atom stereocenters. The molecule has 0 amide bonds. The summed E-state index contributed by atoms with van der Waals surface area (Å²) in [4.78, 5) is 0. The fourth-order valence-electron chi connectivity index (χ4n) is 2.54. The Morgan fingerprint density at radius 1 is 1.10 bits per heavy atom. The summed E-state index contributed by atoms with van der Waals surface area (Å²) >= 11 is 0. The van der Waals surface area contributed by atoms with Crippen LogP contribution in [0.2, 0.25) is 0 Å². The van der Waals surface area contributed by atoms with Gasteiger partial charge < -0.3 is 15.9 Å². The average molecular weight is 289 g/mol. The van der Waals surface area contributed by atoms with Crippen molar-refractivity contribution in [2.45, 2.75) is 24.9 Å². The maximum Gasteiger partial charge on any atom is 0.128 e. The van der Waals surface area contributed by atoms with Crippen molar-refractivity contribution in [3.05, 3.63) is 65.5 Å². The number of aromatic hydroxyl groups is 1. The molecule has 2 aromatic carbocycles. The summed E-state index contributed by atoms with van der Waals surface area (Å²) in [6.07, 6.45) is 0.126. The van der Waals surface area contributed by atoms with Gasteiger partial charge >= 0.3 is 0 Å². The molecule has 0 aliphatic heterocycles. The Labute approximate surface area is 123 Å². The van der Waals surface area contributed by atoms with Crippen LogP contribution in [-0.4, -0.2) is 16.8 Å². The van der Waals surface area contributed by atoms with Gasteiger partial charge in [0, 0.05) is 5.56 Å². The molecule has 21 heavy (non-hydrogen) atoms. The molecular formula is C17H20FNO2. The maximum atomic E-state index is 13.7. The van der Waals surface area contributed by atoms with Crippen molar-refractivity contribution in [1.29, 1.82) is 0 Å². The van der Waals surface area contributed by atoms with Gasteiger partial charge in [0.2, 0.25) is 0 Å². The van der Waals surface area contributed by atoms with Crippen LogP contribution in [0.1, 0.15) is 36.0 Å². The molecule has 0 aliphatic rings. The Balaban J connectivity index is 2.18. The summed E-state index contributed by atoms with van der Waals surface area (Å²) in [6, 6.07) is 13.1. The Morgan fingerprint density at radius 3 is 2.52 bits per heavy atom. The Kier molecular flexibility index (Phi) is 5.31. The number of rotatable bonds is 6. The largest absolute Gasteiger partial charge is 0.508 e. The minimum atomic E-state index is -0.898. The summed E-state index contributed by atoms with van der Waals surface area (Å²) in [5.74, 6) is -0.265. The van der Waals surface area contributed by atoms with Crippen molar-refractivity contribution >= 4 is 0 Å². The van der Waals surface area contributed by atoms with Gasteiger partial charge in [-0.1, -0.05) is 30.3 Å². The van der Waals surface area contributed by atoms with Gasteiger partial charge in [0.1, 0.15) is 11.6 Å². The van der Waals surface area contributed by atoms with Crippen LogP contribution in [0, 0.1) is 5.82 Å². The van der Waals surface area contributed by atoms with Crippen molar-refractivity contribution < 1.29 is 14.6 Å². The first-order valence-electron chi connectivity index (χ1n) is 7.03. The van der Waals surface area contributed by atoms with Gasteiger partial charge in [-0.2, -0.15) is 0 Å². The number of phenolic OH excluding ortho intramolecular Hbond substituents is 1. The molecule has 112 valence electrons. The van der Waals surface area contributed by atoms with E-state index in [1.54, 1.807) is 36.4 Å². The van der Waals surface area contributed by atoms with Crippen LogP contribution in [0.3, 0.4) is 0 Å². The van der Waals surface area contributed by atoms with Crippen LogP contribution >= 0.6 is 0 Å². The molecule has 0 radical (unpaired) electrons. The summed E-state index contributed by atoms with van der Waals surface area (Å²) in [5, 5.41) is 19.9. The van der Waals surface area contributed by atoms with Crippen LogP contribution in [0.25, 0.3) is 0 Å². The first-order chi connectivity index (χ1) is 10.1. The number of hydrogen-bond donors (Lipinski definition) is 3. The van der Waals surface area contributed by atoms with E-state index >= 15 is 0 Å². The van der Waals surface area contributed by atoms with Crippen molar-refractivity contribution in [2.75, 3.05) is 6.54 Å². The van der Waals surface area contributed by atoms with Crippen molar-refractivity contribution in [3.63, 3.8) is 0 Å². The quantitative estimate of drug-likeness (QED) is 0.765. The molecule has 3 nitrogen and oxygen atoms in total. The highest BCUT2D eigenvalue weighted by Gasteiger charge is 2.19. The predicted octanol–water partition coefficient (Wildman–Crippen LogP) is 3.09. The van der Waals surface area contributed by atoms with E-state index in [9.17, 15) is 14.6 Å². The minimum absolute atomic E-state index is 0.0308. The van der Waals surface area contributed by atoms with E-state index in [1.807, 2.05) is 6.07 Å². The number of aliphatic hydroxyl groups excluding tert-OH is 1. The van der Waals surface area contributed by atoms with Gasteiger partial charge in [-0.15, -0.1) is 0 Å². The van der Waals surface area contributed by atoms with Gasteiger partial charge in [0.05, 0.1) is 6.10 Å². The summed E-state index contributed by atoms with van der Waals surface area (Å²) in [5.41, 5.74) is 6.82. The predicted molar refractivity (Wildman–Crippen MR) is 80.5 cm³/mol. The highest BCUT2D eigenvalue weighted by molar-refractivity contribution is 5.30. The zero-order valence-corrected chi connectivity index (χ0v) is 11.7. The second-order valence-electron chi connectivity index (χ2n) is 5.14. The topological polar surface area (TPSA) is 66.5 Å². The smallest absolute Gasteiger partial charge is 0.128 e. The fraction of sp³-hybridized carbons (Fsp3) is 0.294. The molecule has 0 saturated heterocycles. The lowest BCUT2D eigenvalue weighted by atomic mass is 9.88. The summed E-state index contributed by atoms with van der Waals surface area (Å²) < 4.78 is 13.7. The van der Waals surface area contributed by atoms with E-state index in [2.05, 4.69) is 0 Å². The zero-order chi connectivity index (χ0) is 15.2. The number of aliphatic hydroxyl groups is 1. The molecule has 0 saturated carbocycles. The second-order valence-corrected chi connectivity index (χ2v) is 5.14. The van der Waals surface area contributed by atoms with Gasteiger partial charge in [-0.25, -0.2) is 4.39 Å². The van der Waals surface area contributed by atoms with E-state index in [0.29, 0.717) is 24.9 Å². The van der Waals surface area contributed by atoms with Gasteiger partial charge in [-0.3, -0.25) is 0 Å². The first kappa shape index (κ1) is 15.5. The van der Waals surface area contributed by atoms with Crippen LogP contribution in [0.4, 0.5) is 4.39 Å². The van der Waals surface area contributed by atoms with E-state index in [1.165, 1.54) is 6.07 Å². The van der Waals surface area contributed by atoms with E-state index < -0.39 is 11.9 Å². The normalized spacial score (nSPS) is 13.9. The standard InChI is InChI=1S/C17H20FNO2/c18-16-7-2-1-6-15(16)17(21)11-13(8-9-19)12-4-3-5-14(20)10-12/h1-7,10,13,17,20-21H,8-9,11,19H2/t13-,17?/m1/s1. The third kappa shape index (κ3) is 4.03. The molecule has 4 N–H and O–H groups in total. The van der Waals surface area contributed by atoms with Crippen LogP contribution in [0.15, 0.2) is 48.5 Å². The van der Waals surface area contributed by atoms with Gasteiger partial charge in [-0.05, 0) is 49.1 Å². The van der Waals surface area contributed by atoms with Gasteiger partial charge in [0.25, 0.3) is 0 Å². The monoisotopic (exact) mass is 289 g/mol. The molecule has 0 aliphatic carbocycles. The molecule has 0 heterocycles. The lowest BCUT2D eigenvalue weighted by molar-refractivity contribution is 0.151. The molecular weight excluding hydrogens is 269 g/mol. The van der Waals surface area contributed by atoms with E-state index in [0.717, 1.165) is 5.56 Å². The highest BCUT2D eigenvalue weighted by atomic mass is 19.1. The molecule has 0 bridgehead atoms. The molecule has 0 fully saturated rings. The highest BCUT2D eigenvalue weighted by Crippen LogP contribution is 2.32. The maximum absolute atomic E-state index is 13.7. The Hall–Kier alpha value is -1.91. The summed E-state index contributed by atoms with van der Waals surface area (Å²) in [6.45, 7) is 0.463.